The van der Waals surface area contributed by atoms with Crippen molar-refractivity contribution >= 4 is 11.7 Å². The van der Waals surface area contributed by atoms with Gasteiger partial charge in [-0.05, 0) is 118 Å². The Hall–Kier alpha value is -3.50. The van der Waals surface area contributed by atoms with Crippen LogP contribution in [0.5, 0.6) is 11.5 Å². The first-order valence-electron chi connectivity index (χ1n) is 19.3. The summed E-state index contributed by atoms with van der Waals surface area (Å²) in [6.07, 6.45) is 12.8. The number of aromatic hydroxyl groups is 1. The van der Waals surface area contributed by atoms with Crippen LogP contribution in [0, 0.1) is 47.4 Å². The van der Waals surface area contributed by atoms with E-state index in [2.05, 4.69) is 30.6 Å². The number of aliphatic hydroxyl groups excluding tert-OH is 2. The summed E-state index contributed by atoms with van der Waals surface area (Å²) in [5.41, 5.74) is 15.2. The number of fused-ring (bicyclic) bond motifs is 8. The van der Waals surface area contributed by atoms with Crippen LogP contribution in [0.1, 0.15) is 126 Å². The fraction of sp³-hybridized carbons (Fsp3) is 0.667. The van der Waals surface area contributed by atoms with Crippen molar-refractivity contribution in [2.45, 2.75) is 128 Å². The highest BCUT2D eigenvalue weighted by Gasteiger charge is 2.36. The number of nitrogens with zero attached hydrogens (tertiary/aromatic N) is 1. The molecule has 0 amide bonds. The average Bonchev–Trinajstić information content (AvgIpc) is 3.62. The van der Waals surface area contributed by atoms with Crippen LogP contribution in [-0.2, 0) is 16.0 Å². The number of aryl methyl sites for hydroxylation is 1. The van der Waals surface area contributed by atoms with Crippen LogP contribution in [0.3, 0.4) is 0 Å². The van der Waals surface area contributed by atoms with Gasteiger partial charge in [0.15, 0.2) is 23.2 Å². The minimum atomic E-state index is -0.343. The number of aliphatic hydroxyl groups is 2. The van der Waals surface area contributed by atoms with Gasteiger partial charge < -0.3 is 36.3 Å². The lowest BCUT2D eigenvalue weighted by atomic mass is 9.73. The second kappa shape index (κ2) is 20.5. The summed E-state index contributed by atoms with van der Waals surface area (Å²) in [6, 6.07) is 1.57. The summed E-state index contributed by atoms with van der Waals surface area (Å²) < 4.78 is 12.5. The van der Waals surface area contributed by atoms with Crippen molar-refractivity contribution in [2.75, 3.05) is 26.9 Å². The van der Waals surface area contributed by atoms with Crippen molar-refractivity contribution in [1.29, 1.82) is 0 Å². The topological polar surface area (TPSA) is 161 Å². The van der Waals surface area contributed by atoms with Gasteiger partial charge in [0.1, 0.15) is 0 Å². The van der Waals surface area contributed by atoms with Crippen LogP contribution in [0.4, 0.5) is 0 Å². The Morgan fingerprint density at radius 1 is 1.08 bits per heavy atom. The van der Waals surface area contributed by atoms with E-state index in [1.165, 1.54) is 0 Å². The Morgan fingerprint density at radius 2 is 1.86 bits per heavy atom. The molecule has 51 heavy (non-hydrogen) atoms. The predicted octanol–water partition coefficient (Wildman–Crippen LogP) is 5.90. The number of hydrogen-bond donors (Lipinski definition) is 5. The number of carbonyl (C=O) groups excluding carboxylic acids is 1. The van der Waals surface area contributed by atoms with Gasteiger partial charge in [0.25, 0.3) is 0 Å². The van der Waals surface area contributed by atoms with Crippen molar-refractivity contribution in [3.63, 3.8) is 0 Å². The second-order valence-electron chi connectivity index (χ2n) is 14.9. The fourth-order valence-corrected chi connectivity index (χ4v) is 8.11. The fourth-order valence-electron chi connectivity index (χ4n) is 8.11. The number of hydrogen-bond acceptors (Lipinski definition) is 7. The molecule has 1 saturated carbocycles. The number of nitrogens with two attached hydrogens (primary N) is 2. The highest BCUT2D eigenvalue weighted by atomic mass is 16.5. The van der Waals surface area contributed by atoms with Crippen LogP contribution in [0.15, 0.2) is 22.7 Å². The molecule has 5 rings (SSSR count). The average molecular weight is 704 g/mol. The Balaban J connectivity index is 2.00. The maximum Gasteiger partial charge on any atom is 0.186 e. The molecule has 0 aromatic heterocycles. The minimum absolute atomic E-state index is 0.000155. The molecule has 1 fully saturated rings. The largest absolute Gasteiger partial charge is 0.504 e. The quantitative estimate of drug-likeness (QED) is 0.0654. The Labute approximate surface area is 305 Å². The van der Waals surface area contributed by atoms with Gasteiger partial charge in [-0.25, -0.2) is 4.99 Å². The monoisotopic (exact) mass is 703 g/mol. The van der Waals surface area contributed by atoms with E-state index in [9.17, 15) is 20.1 Å². The number of carbonyl (C=O) groups is 1. The van der Waals surface area contributed by atoms with Crippen LogP contribution < -0.4 is 16.2 Å². The molecule has 0 unspecified atom stereocenters. The summed E-state index contributed by atoms with van der Waals surface area (Å²) in [6.45, 7) is 4.63. The number of phenols is 1. The van der Waals surface area contributed by atoms with Crippen molar-refractivity contribution in [1.82, 2.24) is 0 Å². The van der Waals surface area contributed by atoms with Gasteiger partial charge in [0, 0.05) is 50.2 Å². The Bertz CT molecular complexity index is 1490. The van der Waals surface area contributed by atoms with Crippen LogP contribution in [-0.4, -0.2) is 66.1 Å². The van der Waals surface area contributed by atoms with E-state index in [0.717, 1.165) is 80.1 Å². The molecule has 9 heteroatoms. The normalized spacial score (nSPS) is 25.4. The number of rotatable bonds is 15. The summed E-state index contributed by atoms with van der Waals surface area (Å²) >= 11 is 0. The number of guanidine groups is 1. The molecule has 0 saturated heterocycles. The lowest BCUT2D eigenvalue weighted by molar-refractivity contribution is -0.114. The van der Waals surface area contributed by atoms with Crippen molar-refractivity contribution in [3.05, 3.63) is 34.4 Å². The van der Waals surface area contributed by atoms with Crippen LogP contribution in [0.25, 0.3) is 0 Å². The van der Waals surface area contributed by atoms with Gasteiger partial charge in [-0.3, -0.25) is 4.79 Å². The molecule has 1 aromatic rings. The molecule has 280 valence electrons. The molecule has 1 aromatic carbocycles. The van der Waals surface area contributed by atoms with Crippen LogP contribution in [0.2, 0.25) is 0 Å². The van der Waals surface area contributed by atoms with E-state index < -0.39 is 0 Å². The smallest absolute Gasteiger partial charge is 0.186 e. The van der Waals surface area contributed by atoms with E-state index in [1.807, 2.05) is 13.0 Å². The van der Waals surface area contributed by atoms with E-state index in [4.69, 9.17) is 25.9 Å². The predicted molar refractivity (Wildman–Crippen MR) is 202 cm³/mol. The highest BCUT2D eigenvalue weighted by Crippen LogP contribution is 2.47. The summed E-state index contributed by atoms with van der Waals surface area (Å²) in [5, 5.41) is 32.0. The zero-order chi connectivity index (χ0) is 36.8. The van der Waals surface area contributed by atoms with Crippen molar-refractivity contribution < 1.29 is 29.6 Å². The van der Waals surface area contributed by atoms with Crippen LogP contribution >= 0.6 is 0 Å². The summed E-state index contributed by atoms with van der Waals surface area (Å²) in [7, 11) is 1.71. The first-order chi connectivity index (χ1) is 24.7. The number of aliphatic imine (C=N–C) groups is 1. The Morgan fingerprint density at radius 3 is 2.55 bits per heavy atom. The molecule has 0 radical (unpaired) electrons. The SMILES string of the molecule is CCC/C(=C/C(=O)CCc1cc(OC2CCCC2)c(O)c2c1C#C[C@H]1[C@H](CCCO)C#CC[C@H](C)CC[C@@H]2[C@H](COC)CC[C@H]1N=C(N)N)CO. The molecule has 7 N–H and O–H groups in total. The third-order valence-corrected chi connectivity index (χ3v) is 10.8. The summed E-state index contributed by atoms with van der Waals surface area (Å²) in [5.74, 6) is 14.3. The summed E-state index contributed by atoms with van der Waals surface area (Å²) in [4.78, 5) is 18.0. The van der Waals surface area contributed by atoms with Gasteiger partial charge in [0.2, 0.25) is 0 Å². The third-order valence-electron chi connectivity index (χ3n) is 10.8. The van der Waals surface area contributed by atoms with Crippen molar-refractivity contribution in [2.24, 2.45) is 40.1 Å². The first-order valence-corrected chi connectivity index (χ1v) is 19.3. The Kier molecular flexibility index (Phi) is 16.2. The standard InChI is InChI=1S/C42H61N3O6/c1-4-9-29(26-47)24-33(48)18-16-31-25-39(51-34-13-5-6-14-34)41(49)40-36(31)21-20-35-30(12-8-23-46)11-7-10-28(2)15-19-37(40)32(27-50-3)17-22-38(35)45-42(43)44/h24-25,28,30,32,34-35,37-38,46-47,49H,4-6,8-10,12-19,22-23,26-27H2,1-3H3,(H4,43,44,45)/b29-24-/t28-,30-,32-,35-,37+,38+/m0/s1. The van der Waals surface area contributed by atoms with E-state index >= 15 is 0 Å². The zero-order valence-electron chi connectivity index (χ0n) is 31.1. The lowest BCUT2D eigenvalue weighted by Crippen LogP contribution is -2.33. The highest BCUT2D eigenvalue weighted by molar-refractivity contribution is 5.90. The zero-order valence-corrected chi connectivity index (χ0v) is 31.1. The number of ketones is 1. The van der Waals surface area contributed by atoms with E-state index in [-0.39, 0.29) is 72.9 Å². The molecule has 4 aliphatic rings. The number of phenolic OH excluding ortho intramolecular Hbond substituents is 1. The minimum Gasteiger partial charge on any atom is -0.504 e. The van der Waals surface area contributed by atoms with Gasteiger partial charge in [-0.15, -0.1) is 5.92 Å². The van der Waals surface area contributed by atoms with E-state index in [0.29, 0.717) is 50.4 Å². The second-order valence-corrected chi connectivity index (χ2v) is 14.9. The van der Waals surface area contributed by atoms with E-state index in [1.54, 1.807) is 13.2 Å². The number of benzene rings is 1. The third kappa shape index (κ3) is 11.5. The molecular formula is C42H61N3O6. The molecule has 6 atom stereocenters. The number of methoxy groups -OCH3 is 1. The van der Waals surface area contributed by atoms with Gasteiger partial charge >= 0.3 is 0 Å². The van der Waals surface area contributed by atoms with Gasteiger partial charge in [0.05, 0.1) is 24.7 Å². The molecule has 9 nitrogen and oxygen atoms in total. The molecule has 0 spiro atoms. The number of ether oxygens (including phenoxy) is 2. The van der Waals surface area contributed by atoms with Crippen molar-refractivity contribution in [3.8, 4) is 35.2 Å². The maximum absolute atomic E-state index is 13.3. The molecule has 0 aliphatic heterocycles. The van der Waals surface area contributed by atoms with Gasteiger partial charge in [-0.1, -0.05) is 38.0 Å². The molecule has 0 heterocycles. The first kappa shape index (κ1) is 40.3. The van der Waals surface area contributed by atoms with Gasteiger partial charge in [-0.2, -0.15) is 0 Å². The number of allylic oxidation sites excluding steroid dienone is 1. The lowest BCUT2D eigenvalue weighted by Gasteiger charge is -2.33. The maximum atomic E-state index is 13.3. The molecule has 4 aliphatic carbocycles. The molecule has 2 bridgehead atoms. The molecular weight excluding hydrogens is 642 g/mol.